The van der Waals surface area contributed by atoms with Gasteiger partial charge in [0.25, 0.3) is 5.22 Å². The van der Waals surface area contributed by atoms with Gasteiger partial charge in [0.2, 0.25) is 0 Å². The highest BCUT2D eigenvalue weighted by atomic mass is 35.5. The van der Waals surface area contributed by atoms with Crippen LogP contribution >= 0.6 is 23.4 Å². The van der Waals surface area contributed by atoms with E-state index in [0.29, 0.717) is 10.2 Å². The van der Waals surface area contributed by atoms with E-state index in [9.17, 15) is 0 Å². The first-order valence-electron chi connectivity index (χ1n) is 4.68. The van der Waals surface area contributed by atoms with Gasteiger partial charge in [-0.2, -0.15) is 0 Å². The van der Waals surface area contributed by atoms with E-state index in [1.807, 2.05) is 19.1 Å². The highest BCUT2D eigenvalue weighted by molar-refractivity contribution is 7.99. The Morgan fingerprint density at radius 3 is 2.88 bits per heavy atom. The van der Waals surface area contributed by atoms with Crippen molar-refractivity contribution in [3.05, 3.63) is 40.7 Å². The van der Waals surface area contributed by atoms with Gasteiger partial charge in [0.05, 0.1) is 17.3 Å². The van der Waals surface area contributed by atoms with Crippen molar-refractivity contribution in [2.24, 2.45) is 0 Å². The quantitative estimate of drug-likeness (QED) is 0.914. The van der Waals surface area contributed by atoms with Crippen molar-refractivity contribution in [2.45, 2.75) is 23.6 Å². The Bertz CT molecular complexity index is 498. The second-order valence-electron chi connectivity index (χ2n) is 3.28. The van der Waals surface area contributed by atoms with E-state index in [2.05, 4.69) is 4.98 Å². The summed E-state index contributed by atoms with van der Waals surface area (Å²) >= 11 is 7.43. The zero-order valence-electron chi connectivity index (χ0n) is 8.61. The van der Waals surface area contributed by atoms with Gasteiger partial charge in [-0.05, 0) is 36.4 Å². The zero-order chi connectivity index (χ0) is 11.5. The van der Waals surface area contributed by atoms with E-state index in [4.69, 9.17) is 21.1 Å². The average molecular weight is 256 g/mol. The molecule has 1 aromatic heterocycles. The molecular formula is C11H10ClNO2S. The summed E-state index contributed by atoms with van der Waals surface area (Å²) in [7, 11) is 0. The lowest BCUT2D eigenvalue weighted by Crippen LogP contribution is -1.84. The first-order valence-corrected chi connectivity index (χ1v) is 5.88. The minimum Gasteiger partial charge on any atom is -0.439 e. The molecule has 0 fully saturated rings. The Morgan fingerprint density at radius 2 is 2.31 bits per heavy atom. The van der Waals surface area contributed by atoms with Crippen LogP contribution in [0.4, 0.5) is 0 Å². The number of hydrogen-bond donors (Lipinski definition) is 1. The number of benzene rings is 1. The smallest absolute Gasteiger partial charge is 0.260 e. The molecule has 0 amide bonds. The van der Waals surface area contributed by atoms with Gasteiger partial charge in [0.1, 0.15) is 6.26 Å². The lowest BCUT2D eigenvalue weighted by Gasteiger charge is -2.02. The summed E-state index contributed by atoms with van der Waals surface area (Å²) in [6.07, 6.45) is 1.60. The maximum Gasteiger partial charge on any atom is 0.260 e. The van der Waals surface area contributed by atoms with Crippen LogP contribution < -0.4 is 0 Å². The third kappa shape index (κ3) is 2.58. The molecule has 1 N–H and O–H groups in total. The molecule has 0 radical (unpaired) electrons. The molecule has 1 heterocycles. The summed E-state index contributed by atoms with van der Waals surface area (Å²) in [5, 5.41) is 10.1. The molecule has 0 atom stereocenters. The molecule has 2 rings (SSSR count). The van der Waals surface area contributed by atoms with Crippen molar-refractivity contribution in [2.75, 3.05) is 0 Å². The molecule has 0 aliphatic carbocycles. The van der Waals surface area contributed by atoms with Crippen LogP contribution in [0.15, 0.2) is 39.0 Å². The molecule has 2 aromatic rings. The summed E-state index contributed by atoms with van der Waals surface area (Å²) in [6.45, 7) is 1.85. The van der Waals surface area contributed by atoms with Crippen LogP contribution in [0.2, 0.25) is 5.02 Å². The number of oxazole rings is 1. The van der Waals surface area contributed by atoms with Crippen molar-refractivity contribution in [3.8, 4) is 0 Å². The van der Waals surface area contributed by atoms with E-state index < -0.39 is 0 Å². The first kappa shape index (κ1) is 11.5. The number of halogens is 1. The number of hydrogen-bond acceptors (Lipinski definition) is 4. The van der Waals surface area contributed by atoms with E-state index in [0.717, 1.165) is 16.2 Å². The second kappa shape index (κ2) is 4.91. The van der Waals surface area contributed by atoms with E-state index in [-0.39, 0.29) is 6.61 Å². The minimum absolute atomic E-state index is 0.0111. The third-order valence-corrected chi connectivity index (χ3v) is 3.34. The van der Waals surface area contributed by atoms with Gasteiger partial charge < -0.3 is 9.52 Å². The molecule has 0 aliphatic rings. The predicted molar refractivity (Wildman–Crippen MR) is 62.7 cm³/mol. The van der Waals surface area contributed by atoms with Crippen LogP contribution in [0.25, 0.3) is 0 Å². The van der Waals surface area contributed by atoms with Gasteiger partial charge in [0, 0.05) is 4.90 Å². The SMILES string of the molecule is Cc1coc(Sc2ccc(CO)cc2Cl)n1. The maximum absolute atomic E-state index is 8.95. The molecule has 0 saturated heterocycles. The predicted octanol–water partition coefficient (Wildman–Crippen LogP) is 3.28. The Labute approximate surface area is 102 Å². The van der Waals surface area contributed by atoms with Crippen LogP contribution in [0, 0.1) is 6.92 Å². The van der Waals surface area contributed by atoms with E-state index >= 15 is 0 Å². The van der Waals surface area contributed by atoms with E-state index in [1.165, 1.54) is 11.8 Å². The molecule has 0 aliphatic heterocycles. The Morgan fingerprint density at radius 1 is 1.50 bits per heavy atom. The maximum atomic E-state index is 8.95. The van der Waals surface area contributed by atoms with Crippen LogP contribution in [-0.2, 0) is 6.61 Å². The van der Waals surface area contributed by atoms with Crippen LogP contribution in [-0.4, -0.2) is 10.1 Å². The van der Waals surface area contributed by atoms with Crippen molar-refractivity contribution < 1.29 is 9.52 Å². The average Bonchev–Trinajstić information content (AvgIpc) is 2.67. The molecule has 5 heteroatoms. The number of aliphatic hydroxyl groups excluding tert-OH is 1. The fourth-order valence-electron chi connectivity index (χ4n) is 1.20. The highest BCUT2D eigenvalue weighted by Crippen LogP contribution is 2.33. The Hall–Kier alpha value is -0.970. The number of aliphatic hydroxyl groups is 1. The topological polar surface area (TPSA) is 46.3 Å². The standard InChI is InChI=1S/C11H10ClNO2S/c1-7-6-15-11(13-7)16-10-3-2-8(5-14)4-9(10)12/h2-4,6,14H,5H2,1H3. The molecule has 0 spiro atoms. The third-order valence-electron chi connectivity index (χ3n) is 1.97. The van der Waals surface area contributed by atoms with Gasteiger partial charge in [-0.25, -0.2) is 4.98 Å². The lowest BCUT2D eigenvalue weighted by atomic mass is 10.2. The second-order valence-corrected chi connectivity index (χ2v) is 4.68. The van der Waals surface area contributed by atoms with Crippen molar-refractivity contribution in [3.63, 3.8) is 0 Å². The molecule has 16 heavy (non-hydrogen) atoms. The molecule has 84 valence electrons. The fourth-order valence-corrected chi connectivity index (χ4v) is 2.28. The summed E-state index contributed by atoms with van der Waals surface area (Å²) in [5.74, 6) is 0. The van der Waals surface area contributed by atoms with Crippen molar-refractivity contribution in [1.29, 1.82) is 0 Å². The lowest BCUT2D eigenvalue weighted by molar-refractivity contribution is 0.282. The number of aryl methyl sites for hydroxylation is 1. The molecule has 3 nitrogen and oxygen atoms in total. The van der Waals surface area contributed by atoms with E-state index in [1.54, 1.807) is 12.3 Å². The molecule has 0 bridgehead atoms. The Balaban J connectivity index is 2.21. The van der Waals surface area contributed by atoms with Gasteiger partial charge >= 0.3 is 0 Å². The summed E-state index contributed by atoms with van der Waals surface area (Å²) < 4.78 is 5.22. The normalized spacial score (nSPS) is 10.7. The van der Waals surface area contributed by atoms with Gasteiger partial charge in [-0.15, -0.1) is 0 Å². The molecule has 0 unspecified atom stereocenters. The van der Waals surface area contributed by atoms with Gasteiger partial charge in [0.15, 0.2) is 0 Å². The van der Waals surface area contributed by atoms with Crippen LogP contribution in [0.1, 0.15) is 11.3 Å². The summed E-state index contributed by atoms with van der Waals surface area (Å²) in [4.78, 5) is 5.04. The molecule has 1 aromatic carbocycles. The largest absolute Gasteiger partial charge is 0.439 e. The number of rotatable bonds is 3. The number of nitrogens with zero attached hydrogens (tertiary/aromatic N) is 1. The van der Waals surface area contributed by atoms with Crippen LogP contribution in [0.3, 0.4) is 0 Å². The zero-order valence-corrected chi connectivity index (χ0v) is 10.2. The Kier molecular flexibility index (Phi) is 3.53. The minimum atomic E-state index is -0.0111. The number of aromatic nitrogens is 1. The molecular weight excluding hydrogens is 246 g/mol. The summed E-state index contributed by atoms with van der Waals surface area (Å²) in [6, 6.07) is 5.40. The molecule has 0 saturated carbocycles. The monoisotopic (exact) mass is 255 g/mol. The van der Waals surface area contributed by atoms with Crippen LogP contribution in [0.5, 0.6) is 0 Å². The van der Waals surface area contributed by atoms with Gasteiger partial charge in [-0.1, -0.05) is 17.7 Å². The first-order chi connectivity index (χ1) is 7.69. The highest BCUT2D eigenvalue weighted by Gasteiger charge is 2.07. The van der Waals surface area contributed by atoms with Gasteiger partial charge in [-0.3, -0.25) is 0 Å². The van der Waals surface area contributed by atoms with Crippen molar-refractivity contribution in [1.82, 2.24) is 4.98 Å². The fraction of sp³-hybridized carbons (Fsp3) is 0.182. The summed E-state index contributed by atoms with van der Waals surface area (Å²) in [5.41, 5.74) is 1.63. The van der Waals surface area contributed by atoms with Crippen molar-refractivity contribution >= 4 is 23.4 Å².